The van der Waals surface area contributed by atoms with Crippen molar-refractivity contribution in [3.8, 4) is 5.75 Å². The summed E-state index contributed by atoms with van der Waals surface area (Å²) in [7, 11) is 0. The highest BCUT2D eigenvalue weighted by atomic mass is 35.5. The smallest absolute Gasteiger partial charge is 0.260 e. The van der Waals surface area contributed by atoms with Crippen LogP contribution in [0.4, 0.5) is 0 Å². The number of rotatable bonds is 6. The molecule has 0 aliphatic rings. The predicted molar refractivity (Wildman–Crippen MR) is 80.4 cm³/mol. The van der Waals surface area contributed by atoms with Crippen molar-refractivity contribution >= 4 is 29.1 Å². The van der Waals surface area contributed by atoms with Crippen molar-refractivity contribution in [2.45, 2.75) is 32.9 Å². The highest BCUT2D eigenvalue weighted by molar-refractivity contribution is 6.42. The second-order valence-corrected chi connectivity index (χ2v) is 5.55. The van der Waals surface area contributed by atoms with Crippen molar-refractivity contribution in [2.75, 3.05) is 6.61 Å². The Morgan fingerprint density at radius 2 is 2.00 bits per heavy atom. The Morgan fingerprint density at radius 3 is 2.60 bits per heavy atom. The number of hydrogen-bond acceptors (Lipinski definition) is 3. The van der Waals surface area contributed by atoms with Gasteiger partial charge in [0.25, 0.3) is 5.91 Å². The number of nitrogens with one attached hydrogen (secondary N) is 1. The molecule has 2 N–H and O–H groups in total. The van der Waals surface area contributed by atoms with Gasteiger partial charge in [-0.3, -0.25) is 4.79 Å². The van der Waals surface area contributed by atoms with Gasteiger partial charge in [-0.15, -0.1) is 0 Å². The average molecular weight is 320 g/mol. The first-order valence-corrected chi connectivity index (χ1v) is 7.14. The maximum absolute atomic E-state index is 12.0. The van der Waals surface area contributed by atoms with Crippen LogP contribution in [-0.4, -0.2) is 29.8 Å². The molecule has 0 spiro atoms. The summed E-state index contributed by atoms with van der Waals surface area (Å²) in [6.45, 7) is 5.32. The zero-order valence-electron chi connectivity index (χ0n) is 11.7. The van der Waals surface area contributed by atoms with Gasteiger partial charge in [-0.1, -0.05) is 36.2 Å². The van der Waals surface area contributed by atoms with Gasteiger partial charge in [-0.2, -0.15) is 0 Å². The van der Waals surface area contributed by atoms with E-state index in [9.17, 15) is 4.79 Å². The number of aliphatic hydroxyl groups excluding tert-OH is 1. The summed E-state index contributed by atoms with van der Waals surface area (Å²) in [5.41, 5.74) is 0. The number of carbonyl (C=O) groups is 1. The van der Waals surface area contributed by atoms with Crippen LogP contribution >= 0.6 is 23.2 Å². The van der Waals surface area contributed by atoms with E-state index < -0.39 is 6.10 Å². The molecule has 0 bridgehead atoms. The van der Waals surface area contributed by atoms with Crippen LogP contribution in [-0.2, 0) is 4.79 Å². The van der Waals surface area contributed by atoms with Gasteiger partial charge in [0, 0.05) is 12.6 Å². The Bertz CT molecular complexity index is 468. The van der Waals surface area contributed by atoms with E-state index >= 15 is 0 Å². The lowest BCUT2D eigenvalue weighted by atomic mass is 10.1. The monoisotopic (exact) mass is 319 g/mol. The van der Waals surface area contributed by atoms with E-state index in [2.05, 4.69) is 5.32 Å². The number of benzene rings is 1. The number of amides is 1. The van der Waals surface area contributed by atoms with Crippen LogP contribution in [0, 0.1) is 5.92 Å². The molecule has 0 aliphatic carbocycles. The summed E-state index contributed by atoms with van der Waals surface area (Å²) in [6, 6.07) is 4.85. The summed E-state index contributed by atoms with van der Waals surface area (Å²) < 4.78 is 5.51. The van der Waals surface area contributed by atoms with Crippen molar-refractivity contribution in [3.63, 3.8) is 0 Å². The first kappa shape index (κ1) is 17.1. The van der Waals surface area contributed by atoms with Gasteiger partial charge < -0.3 is 15.2 Å². The van der Waals surface area contributed by atoms with E-state index in [1.807, 2.05) is 13.8 Å². The first-order chi connectivity index (χ1) is 9.36. The number of carbonyl (C=O) groups excluding carboxylic acids is 1. The van der Waals surface area contributed by atoms with Gasteiger partial charge in [-0.05, 0) is 31.9 Å². The van der Waals surface area contributed by atoms with Crippen molar-refractivity contribution in [3.05, 3.63) is 28.2 Å². The van der Waals surface area contributed by atoms with Crippen LogP contribution in [0.2, 0.25) is 10.0 Å². The van der Waals surface area contributed by atoms with Gasteiger partial charge in [0.1, 0.15) is 10.8 Å². The molecule has 1 rings (SSSR count). The summed E-state index contributed by atoms with van der Waals surface area (Å²) in [5, 5.41) is 12.5. The lowest BCUT2D eigenvalue weighted by Crippen LogP contribution is -2.44. The zero-order valence-corrected chi connectivity index (χ0v) is 13.2. The van der Waals surface area contributed by atoms with E-state index in [0.29, 0.717) is 10.8 Å². The van der Waals surface area contributed by atoms with Crippen LogP contribution in [0.5, 0.6) is 5.75 Å². The number of halogens is 2. The highest BCUT2D eigenvalue weighted by Crippen LogP contribution is 2.32. The van der Waals surface area contributed by atoms with Gasteiger partial charge in [0.2, 0.25) is 0 Å². The molecule has 0 saturated heterocycles. The summed E-state index contributed by atoms with van der Waals surface area (Å²) >= 11 is 11.9. The SMILES string of the molecule is CC(Oc1cccc(Cl)c1Cl)C(=O)NC(C)C(C)CO. The lowest BCUT2D eigenvalue weighted by molar-refractivity contribution is -0.128. The van der Waals surface area contributed by atoms with Crippen molar-refractivity contribution in [2.24, 2.45) is 5.92 Å². The Hall–Kier alpha value is -0.970. The van der Waals surface area contributed by atoms with E-state index in [1.165, 1.54) is 0 Å². The molecule has 1 aromatic rings. The number of aliphatic hydroxyl groups is 1. The highest BCUT2D eigenvalue weighted by Gasteiger charge is 2.20. The molecular weight excluding hydrogens is 301 g/mol. The molecule has 0 fully saturated rings. The fraction of sp³-hybridized carbons (Fsp3) is 0.500. The molecule has 4 nitrogen and oxygen atoms in total. The first-order valence-electron chi connectivity index (χ1n) is 6.38. The maximum atomic E-state index is 12.0. The summed E-state index contributed by atoms with van der Waals surface area (Å²) in [4.78, 5) is 12.0. The standard InChI is InChI=1S/C14H19Cl2NO3/c1-8(7-18)9(2)17-14(19)10(3)20-12-6-4-5-11(15)13(12)16/h4-6,8-10,18H,7H2,1-3H3,(H,17,19). The molecule has 3 unspecified atom stereocenters. The normalized spacial score (nSPS) is 15.3. The van der Waals surface area contributed by atoms with E-state index in [-0.39, 0.29) is 29.5 Å². The maximum Gasteiger partial charge on any atom is 0.260 e. The average Bonchev–Trinajstić information content (AvgIpc) is 2.42. The number of hydrogen-bond donors (Lipinski definition) is 2. The fourth-order valence-corrected chi connectivity index (χ4v) is 1.80. The predicted octanol–water partition coefficient (Wildman–Crippen LogP) is 2.89. The minimum atomic E-state index is -0.709. The van der Waals surface area contributed by atoms with Crippen LogP contribution in [0.1, 0.15) is 20.8 Å². The summed E-state index contributed by atoms with van der Waals surface area (Å²) in [6.07, 6.45) is -0.709. The Morgan fingerprint density at radius 1 is 1.35 bits per heavy atom. The Labute approximate surface area is 129 Å². The molecule has 112 valence electrons. The molecule has 0 aromatic heterocycles. The Kier molecular flexibility index (Phi) is 6.59. The topological polar surface area (TPSA) is 58.6 Å². The van der Waals surface area contributed by atoms with E-state index in [4.69, 9.17) is 33.0 Å². The third-order valence-electron chi connectivity index (χ3n) is 3.10. The molecule has 3 atom stereocenters. The van der Waals surface area contributed by atoms with Crippen molar-refractivity contribution in [1.29, 1.82) is 0 Å². The second-order valence-electron chi connectivity index (χ2n) is 4.77. The van der Waals surface area contributed by atoms with Gasteiger partial charge in [0.15, 0.2) is 6.10 Å². The third kappa shape index (κ3) is 4.54. The molecule has 1 aromatic carbocycles. The van der Waals surface area contributed by atoms with Gasteiger partial charge >= 0.3 is 0 Å². The van der Waals surface area contributed by atoms with Crippen LogP contribution < -0.4 is 10.1 Å². The van der Waals surface area contributed by atoms with Crippen LogP contribution in [0.25, 0.3) is 0 Å². The molecule has 6 heteroatoms. The minimum absolute atomic E-state index is 0.0107. The van der Waals surface area contributed by atoms with E-state index in [1.54, 1.807) is 25.1 Å². The number of ether oxygens (including phenoxy) is 1. The Balaban J connectivity index is 2.64. The molecule has 0 saturated carbocycles. The molecule has 0 aliphatic heterocycles. The fourth-order valence-electron chi connectivity index (χ4n) is 1.46. The zero-order chi connectivity index (χ0) is 15.3. The lowest BCUT2D eigenvalue weighted by Gasteiger charge is -2.22. The molecule has 1 amide bonds. The van der Waals surface area contributed by atoms with Gasteiger partial charge in [0.05, 0.1) is 5.02 Å². The van der Waals surface area contributed by atoms with E-state index in [0.717, 1.165) is 0 Å². The van der Waals surface area contributed by atoms with Crippen LogP contribution in [0.15, 0.2) is 18.2 Å². The summed E-state index contributed by atoms with van der Waals surface area (Å²) in [5.74, 6) is 0.0689. The molecule has 0 heterocycles. The minimum Gasteiger partial charge on any atom is -0.479 e. The van der Waals surface area contributed by atoms with Crippen LogP contribution in [0.3, 0.4) is 0 Å². The van der Waals surface area contributed by atoms with Crippen molar-refractivity contribution in [1.82, 2.24) is 5.32 Å². The molecular formula is C14H19Cl2NO3. The van der Waals surface area contributed by atoms with Crippen molar-refractivity contribution < 1.29 is 14.6 Å². The second kappa shape index (κ2) is 7.72. The largest absolute Gasteiger partial charge is 0.479 e. The quantitative estimate of drug-likeness (QED) is 0.847. The third-order valence-corrected chi connectivity index (χ3v) is 3.90. The van der Waals surface area contributed by atoms with Gasteiger partial charge in [-0.25, -0.2) is 0 Å². The molecule has 20 heavy (non-hydrogen) atoms. The molecule has 0 radical (unpaired) electrons.